The smallest absolute Gasteiger partial charge is 0.318 e. The van der Waals surface area contributed by atoms with Gasteiger partial charge in [-0.2, -0.15) is 0 Å². The third-order valence-electron chi connectivity index (χ3n) is 5.44. The Hall–Kier alpha value is -2.19. The highest BCUT2D eigenvalue weighted by Crippen LogP contribution is 2.38. The standard InChI is InChI=1S/C20H21Cl2F2N5O/c1-11(12-2-3-15(21)16(22)6-12)26-19(30)29-5-4-13-9-25-18(28-17(13)10-29)27-14-7-20(23,24)8-14/h2-3,6,9,11,14H,4-5,7-8,10H2,1H3,(H,26,30)(H,25,27,28). The Morgan fingerprint density at radius 1 is 1.30 bits per heavy atom. The Morgan fingerprint density at radius 3 is 2.77 bits per heavy atom. The van der Waals surface area contributed by atoms with E-state index in [2.05, 4.69) is 20.6 Å². The van der Waals surface area contributed by atoms with Crippen molar-refractivity contribution in [2.75, 3.05) is 11.9 Å². The first kappa shape index (κ1) is 21.1. The van der Waals surface area contributed by atoms with Gasteiger partial charge in [-0.1, -0.05) is 29.3 Å². The molecule has 160 valence electrons. The quantitative estimate of drug-likeness (QED) is 0.692. The van der Waals surface area contributed by atoms with Gasteiger partial charge in [-0.05, 0) is 36.6 Å². The van der Waals surface area contributed by atoms with Crippen molar-refractivity contribution in [3.8, 4) is 0 Å². The summed E-state index contributed by atoms with van der Waals surface area (Å²) >= 11 is 12.0. The molecule has 1 aliphatic heterocycles. The lowest BCUT2D eigenvalue weighted by atomic mass is 9.88. The number of benzene rings is 1. The Balaban J connectivity index is 1.38. The first-order valence-corrected chi connectivity index (χ1v) is 10.5. The van der Waals surface area contributed by atoms with Crippen LogP contribution in [-0.2, 0) is 13.0 Å². The minimum Gasteiger partial charge on any atom is -0.351 e. The molecule has 0 radical (unpaired) electrons. The maximum Gasteiger partial charge on any atom is 0.318 e. The number of fused-ring (bicyclic) bond motifs is 1. The van der Waals surface area contributed by atoms with Crippen molar-refractivity contribution in [3.63, 3.8) is 0 Å². The van der Waals surface area contributed by atoms with Crippen LogP contribution in [0.5, 0.6) is 0 Å². The number of rotatable bonds is 4. The highest BCUT2D eigenvalue weighted by molar-refractivity contribution is 6.42. The van der Waals surface area contributed by atoms with Crippen LogP contribution in [0, 0.1) is 0 Å². The predicted molar refractivity (Wildman–Crippen MR) is 111 cm³/mol. The summed E-state index contributed by atoms with van der Waals surface area (Å²) in [4.78, 5) is 23.1. The molecule has 0 saturated heterocycles. The van der Waals surface area contributed by atoms with Gasteiger partial charge in [0.25, 0.3) is 5.92 Å². The van der Waals surface area contributed by atoms with Crippen LogP contribution >= 0.6 is 23.2 Å². The van der Waals surface area contributed by atoms with Gasteiger partial charge in [0.15, 0.2) is 0 Å². The lowest BCUT2D eigenvalue weighted by molar-refractivity contribution is -0.0794. The normalized spacial score (nSPS) is 18.9. The number of alkyl halides is 2. The second kappa shape index (κ2) is 8.15. The summed E-state index contributed by atoms with van der Waals surface area (Å²) in [5, 5.41) is 6.80. The lowest BCUT2D eigenvalue weighted by Crippen LogP contribution is -2.45. The number of aromatic nitrogens is 2. The Labute approximate surface area is 183 Å². The van der Waals surface area contributed by atoms with E-state index in [1.807, 2.05) is 13.0 Å². The molecular weight excluding hydrogens is 435 g/mol. The molecule has 30 heavy (non-hydrogen) atoms. The fourth-order valence-corrected chi connectivity index (χ4v) is 3.94. The molecule has 1 fully saturated rings. The van der Waals surface area contributed by atoms with Crippen molar-refractivity contribution in [3.05, 3.63) is 51.3 Å². The van der Waals surface area contributed by atoms with Crippen LogP contribution in [-0.4, -0.2) is 39.4 Å². The van der Waals surface area contributed by atoms with E-state index in [9.17, 15) is 13.6 Å². The molecule has 1 aromatic heterocycles. The summed E-state index contributed by atoms with van der Waals surface area (Å²) in [7, 11) is 0. The predicted octanol–water partition coefficient (Wildman–Crippen LogP) is 4.82. The van der Waals surface area contributed by atoms with Gasteiger partial charge in [0.1, 0.15) is 0 Å². The Kier molecular flexibility index (Phi) is 5.72. The van der Waals surface area contributed by atoms with Crippen molar-refractivity contribution in [1.82, 2.24) is 20.2 Å². The summed E-state index contributed by atoms with van der Waals surface area (Å²) in [6.45, 7) is 2.74. The number of amides is 2. The van der Waals surface area contributed by atoms with Crippen molar-refractivity contribution in [1.29, 1.82) is 0 Å². The van der Waals surface area contributed by atoms with Gasteiger partial charge in [0.05, 0.1) is 28.3 Å². The Bertz CT molecular complexity index is 966. The van der Waals surface area contributed by atoms with Crippen LogP contribution < -0.4 is 10.6 Å². The van der Waals surface area contributed by atoms with Crippen LogP contribution in [0.15, 0.2) is 24.4 Å². The molecular formula is C20H21Cl2F2N5O. The maximum absolute atomic E-state index is 13.0. The molecule has 0 spiro atoms. The fourth-order valence-electron chi connectivity index (χ4n) is 3.63. The maximum atomic E-state index is 13.0. The third kappa shape index (κ3) is 4.59. The lowest BCUT2D eigenvalue weighted by Gasteiger charge is -2.35. The molecule has 4 rings (SSSR count). The molecule has 0 bridgehead atoms. The van der Waals surface area contributed by atoms with Gasteiger partial charge in [-0.25, -0.2) is 23.5 Å². The summed E-state index contributed by atoms with van der Waals surface area (Å²) in [6, 6.07) is 4.45. The van der Waals surface area contributed by atoms with Crippen molar-refractivity contribution in [2.45, 2.75) is 50.7 Å². The van der Waals surface area contributed by atoms with Crippen LogP contribution in [0.25, 0.3) is 0 Å². The van der Waals surface area contributed by atoms with E-state index in [1.54, 1.807) is 23.2 Å². The zero-order valence-electron chi connectivity index (χ0n) is 16.3. The van der Waals surface area contributed by atoms with Gasteiger partial charge in [0, 0.05) is 31.6 Å². The van der Waals surface area contributed by atoms with Crippen LogP contribution in [0.3, 0.4) is 0 Å². The second-order valence-corrected chi connectivity index (χ2v) is 8.60. The van der Waals surface area contributed by atoms with Crippen molar-refractivity contribution in [2.24, 2.45) is 0 Å². The summed E-state index contributed by atoms with van der Waals surface area (Å²) < 4.78 is 26.1. The van der Waals surface area contributed by atoms with Gasteiger partial charge in [0.2, 0.25) is 5.95 Å². The van der Waals surface area contributed by atoms with Crippen LogP contribution in [0.2, 0.25) is 10.0 Å². The van der Waals surface area contributed by atoms with E-state index in [1.165, 1.54) is 0 Å². The van der Waals surface area contributed by atoms with E-state index >= 15 is 0 Å². The first-order valence-electron chi connectivity index (χ1n) is 9.70. The van der Waals surface area contributed by atoms with E-state index in [0.717, 1.165) is 16.8 Å². The van der Waals surface area contributed by atoms with Gasteiger partial charge in [-0.3, -0.25) is 0 Å². The molecule has 1 aromatic carbocycles. The number of anilines is 1. The summed E-state index contributed by atoms with van der Waals surface area (Å²) in [5.41, 5.74) is 2.53. The number of hydrogen-bond donors (Lipinski definition) is 2. The highest BCUT2D eigenvalue weighted by atomic mass is 35.5. The SMILES string of the molecule is CC(NC(=O)N1CCc2cnc(NC3CC(F)(F)C3)nc2C1)c1ccc(Cl)c(Cl)c1. The largest absolute Gasteiger partial charge is 0.351 e. The third-order valence-corrected chi connectivity index (χ3v) is 6.18. The zero-order valence-corrected chi connectivity index (χ0v) is 17.8. The fraction of sp³-hybridized carbons (Fsp3) is 0.450. The number of nitrogens with one attached hydrogen (secondary N) is 2. The zero-order chi connectivity index (χ0) is 21.5. The van der Waals surface area contributed by atoms with Crippen molar-refractivity contribution >= 4 is 35.2 Å². The molecule has 6 nitrogen and oxygen atoms in total. The Morgan fingerprint density at radius 2 is 2.07 bits per heavy atom. The number of carbonyl (C=O) groups excluding carboxylic acids is 1. The second-order valence-electron chi connectivity index (χ2n) is 7.79. The van der Waals surface area contributed by atoms with E-state index in [-0.39, 0.29) is 31.0 Å². The number of carbonyl (C=O) groups is 1. The highest BCUT2D eigenvalue weighted by Gasteiger charge is 2.45. The molecule has 10 heteroatoms. The van der Waals surface area contributed by atoms with Gasteiger partial charge in [-0.15, -0.1) is 0 Å². The summed E-state index contributed by atoms with van der Waals surface area (Å²) in [6.07, 6.45) is 1.91. The van der Waals surface area contributed by atoms with Crippen LogP contribution in [0.4, 0.5) is 19.5 Å². The van der Waals surface area contributed by atoms with E-state index < -0.39 is 5.92 Å². The number of halogens is 4. The molecule has 1 atom stereocenters. The molecule has 2 amide bonds. The average Bonchev–Trinajstić information content (AvgIpc) is 2.68. The molecule has 1 unspecified atom stereocenters. The van der Waals surface area contributed by atoms with E-state index in [0.29, 0.717) is 35.5 Å². The first-order chi connectivity index (χ1) is 14.2. The van der Waals surface area contributed by atoms with Gasteiger partial charge >= 0.3 is 6.03 Å². The molecule has 1 aliphatic carbocycles. The van der Waals surface area contributed by atoms with Gasteiger partial charge < -0.3 is 15.5 Å². The average molecular weight is 456 g/mol. The monoisotopic (exact) mass is 455 g/mol. The van der Waals surface area contributed by atoms with E-state index in [4.69, 9.17) is 23.2 Å². The molecule has 1 saturated carbocycles. The summed E-state index contributed by atoms with van der Waals surface area (Å²) in [5.74, 6) is -2.29. The number of hydrogen-bond acceptors (Lipinski definition) is 4. The topological polar surface area (TPSA) is 70.2 Å². The molecule has 2 aromatic rings. The minimum absolute atomic E-state index is 0.214. The number of nitrogens with zero attached hydrogens (tertiary/aromatic N) is 3. The molecule has 2 aliphatic rings. The molecule has 2 N–H and O–H groups in total. The number of urea groups is 1. The van der Waals surface area contributed by atoms with Crippen LogP contribution in [0.1, 0.15) is 42.6 Å². The van der Waals surface area contributed by atoms with Crippen molar-refractivity contribution < 1.29 is 13.6 Å². The molecule has 2 heterocycles. The minimum atomic E-state index is -2.61.